The molecule has 2 N–H and O–H groups in total. The van der Waals surface area contributed by atoms with Gasteiger partial charge < -0.3 is 15.4 Å². The lowest BCUT2D eigenvalue weighted by atomic mass is 10.1. The van der Waals surface area contributed by atoms with Crippen LogP contribution in [-0.2, 0) is 10.0 Å². The van der Waals surface area contributed by atoms with Crippen LogP contribution in [0.5, 0.6) is 5.75 Å². The monoisotopic (exact) mass is 495 g/mol. The summed E-state index contributed by atoms with van der Waals surface area (Å²) in [4.78, 5) is 25.3. The van der Waals surface area contributed by atoms with Crippen molar-refractivity contribution in [2.75, 3.05) is 30.3 Å². The summed E-state index contributed by atoms with van der Waals surface area (Å²) < 4.78 is 32.8. The van der Waals surface area contributed by atoms with E-state index in [0.29, 0.717) is 42.3 Å². The molecule has 184 valence electrons. The number of hydrogen-bond donors (Lipinski definition) is 2. The van der Waals surface area contributed by atoms with E-state index in [0.717, 1.165) is 0 Å². The maximum Gasteiger partial charge on any atom is 0.255 e. The third kappa shape index (κ3) is 6.26. The lowest BCUT2D eigenvalue weighted by Crippen LogP contribution is -2.30. The number of rotatable bonds is 10. The van der Waals surface area contributed by atoms with Crippen molar-refractivity contribution in [3.8, 4) is 5.75 Å². The zero-order valence-electron chi connectivity index (χ0n) is 19.9. The van der Waals surface area contributed by atoms with E-state index >= 15 is 0 Å². The van der Waals surface area contributed by atoms with Crippen LogP contribution in [0, 0.1) is 0 Å². The van der Waals surface area contributed by atoms with Crippen LogP contribution in [0.15, 0.2) is 77.7 Å². The molecule has 0 unspecified atom stereocenters. The van der Waals surface area contributed by atoms with Crippen molar-refractivity contribution >= 4 is 33.2 Å². The first kappa shape index (κ1) is 25.9. The molecule has 3 aromatic rings. The summed E-state index contributed by atoms with van der Waals surface area (Å²) in [6, 6.07) is 19.6. The molecule has 0 aromatic heterocycles. The van der Waals surface area contributed by atoms with Gasteiger partial charge >= 0.3 is 0 Å². The summed E-state index contributed by atoms with van der Waals surface area (Å²) in [5, 5.41) is 5.53. The summed E-state index contributed by atoms with van der Waals surface area (Å²) in [7, 11) is -3.71. The topological polar surface area (TPSA) is 105 Å². The Labute approximate surface area is 206 Å². The molecule has 3 rings (SSSR count). The Morgan fingerprint density at radius 2 is 1.40 bits per heavy atom. The lowest BCUT2D eigenvalue weighted by Gasteiger charge is -2.20. The molecular weight excluding hydrogens is 466 g/mol. The lowest BCUT2D eigenvalue weighted by molar-refractivity contribution is 0.101. The van der Waals surface area contributed by atoms with Crippen LogP contribution in [0.25, 0.3) is 0 Å². The molecule has 9 heteroatoms. The van der Waals surface area contributed by atoms with Crippen LogP contribution in [0.4, 0.5) is 11.4 Å². The molecule has 0 aliphatic rings. The number of benzene rings is 3. The number of anilines is 2. The standard InChI is InChI=1S/C26H29N3O5S/c1-4-29(5-2)35(32,33)22-16-17-24(34-6-3)23(18-22)28-26(31)20-12-14-21(15-13-20)27-25(30)19-10-8-7-9-11-19/h7-18H,4-6H2,1-3H3,(H,27,30)(H,28,31). The number of carbonyl (C=O) groups is 2. The molecular formula is C26H29N3O5S. The minimum atomic E-state index is -3.71. The quantitative estimate of drug-likeness (QED) is 0.427. The Bertz CT molecular complexity index is 1270. The van der Waals surface area contributed by atoms with Crippen LogP contribution in [0.1, 0.15) is 41.5 Å². The van der Waals surface area contributed by atoms with Crippen molar-refractivity contribution in [1.29, 1.82) is 0 Å². The maximum absolute atomic E-state index is 12.9. The van der Waals surface area contributed by atoms with E-state index in [2.05, 4.69) is 10.6 Å². The van der Waals surface area contributed by atoms with Gasteiger partial charge in [-0.1, -0.05) is 32.0 Å². The van der Waals surface area contributed by atoms with Crippen LogP contribution < -0.4 is 15.4 Å². The average Bonchev–Trinajstić information content (AvgIpc) is 2.86. The third-order valence-corrected chi connectivity index (χ3v) is 7.33. The predicted octanol–water partition coefficient (Wildman–Crippen LogP) is 4.62. The van der Waals surface area contributed by atoms with Crippen LogP contribution in [0.2, 0.25) is 0 Å². The van der Waals surface area contributed by atoms with Crippen molar-refractivity contribution < 1.29 is 22.7 Å². The molecule has 0 radical (unpaired) electrons. The molecule has 0 fully saturated rings. The number of ether oxygens (including phenoxy) is 1. The van der Waals surface area contributed by atoms with Gasteiger partial charge in [0.15, 0.2) is 0 Å². The highest BCUT2D eigenvalue weighted by atomic mass is 32.2. The highest BCUT2D eigenvalue weighted by Crippen LogP contribution is 2.30. The van der Waals surface area contributed by atoms with E-state index < -0.39 is 15.9 Å². The van der Waals surface area contributed by atoms with Crippen molar-refractivity contribution in [2.24, 2.45) is 0 Å². The molecule has 2 amide bonds. The Balaban J connectivity index is 1.80. The smallest absolute Gasteiger partial charge is 0.255 e. The molecule has 0 saturated carbocycles. The van der Waals surface area contributed by atoms with E-state index in [1.165, 1.54) is 22.5 Å². The highest BCUT2D eigenvalue weighted by molar-refractivity contribution is 7.89. The molecule has 0 bridgehead atoms. The van der Waals surface area contributed by atoms with E-state index in [1.54, 1.807) is 69.3 Å². The first-order chi connectivity index (χ1) is 16.8. The Hall–Kier alpha value is -3.69. The van der Waals surface area contributed by atoms with Gasteiger partial charge in [-0.15, -0.1) is 0 Å². The van der Waals surface area contributed by atoms with Gasteiger partial charge in [0.25, 0.3) is 11.8 Å². The zero-order chi connectivity index (χ0) is 25.4. The molecule has 0 aliphatic carbocycles. The minimum Gasteiger partial charge on any atom is -0.492 e. The highest BCUT2D eigenvalue weighted by Gasteiger charge is 2.23. The van der Waals surface area contributed by atoms with Gasteiger partial charge in [-0.25, -0.2) is 8.42 Å². The van der Waals surface area contributed by atoms with Crippen molar-refractivity contribution in [3.63, 3.8) is 0 Å². The normalized spacial score (nSPS) is 11.2. The molecule has 8 nitrogen and oxygen atoms in total. The van der Waals surface area contributed by atoms with Gasteiger partial charge in [0.1, 0.15) is 5.75 Å². The number of amides is 2. The Kier molecular flexibility index (Phi) is 8.62. The van der Waals surface area contributed by atoms with Gasteiger partial charge in [-0.3, -0.25) is 9.59 Å². The summed E-state index contributed by atoms with van der Waals surface area (Å²) in [5.74, 6) is -0.328. The number of nitrogens with zero attached hydrogens (tertiary/aromatic N) is 1. The van der Waals surface area contributed by atoms with Crippen molar-refractivity contribution in [2.45, 2.75) is 25.7 Å². The van der Waals surface area contributed by atoms with Gasteiger partial charge in [-0.2, -0.15) is 4.31 Å². The second kappa shape index (κ2) is 11.6. The van der Waals surface area contributed by atoms with Gasteiger partial charge in [-0.05, 0) is 61.5 Å². The average molecular weight is 496 g/mol. The SMILES string of the molecule is CCOc1ccc(S(=O)(=O)N(CC)CC)cc1NC(=O)c1ccc(NC(=O)c2ccccc2)cc1. The fraction of sp³-hybridized carbons (Fsp3) is 0.231. The van der Waals surface area contributed by atoms with Crippen molar-refractivity contribution in [3.05, 3.63) is 83.9 Å². The molecule has 35 heavy (non-hydrogen) atoms. The van der Waals surface area contributed by atoms with E-state index in [1.807, 2.05) is 6.07 Å². The summed E-state index contributed by atoms with van der Waals surface area (Å²) in [6.07, 6.45) is 0. The minimum absolute atomic E-state index is 0.0684. The number of nitrogens with one attached hydrogen (secondary N) is 2. The number of sulfonamides is 1. The zero-order valence-corrected chi connectivity index (χ0v) is 20.8. The predicted molar refractivity (Wildman–Crippen MR) is 137 cm³/mol. The summed E-state index contributed by atoms with van der Waals surface area (Å²) in [5.41, 5.74) is 1.66. The number of carbonyl (C=O) groups excluding carboxylic acids is 2. The van der Waals surface area contributed by atoms with Gasteiger partial charge in [0.05, 0.1) is 17.2 Å². The molecule has 0 spiro atoms. The first-order valence-electron chi connectivity index (χ1n) is 11.3. The van der Waals surface area contributed by atoms with E-state index in [4.69, 9.17) is 4.74 Å². The largest absolute Gasteiger partial charge is 0.492 e. The molecule has 0 heterocycles. The Morgan fingerprint density at radius 1 is 0.800 bits per heavy atom. The summed E-state index contributed by atoms with van der Waals surface area (Å²) in [6.45, 7) is 6.35. The van der Waals surface area contributed by atoms with Crippen molar-refractivity contribution in [1.82, 2.24) is 4.31 Å². The fourth-order valence-electron chi connectivity index (χ4n) is 3.45. The second-order valence-electron chi connectivity index (χ2n) is 7.53. The maximum atomic E-state index is 12.9. The second-order valence-corrected chi connectivity index (χ2v) is 9.47. The van der Waals surface area contributed by atoms with Crippen LogP contribution in [-0.4, -0.2) is 44.2 Å². The summed E-state index contributed by atoms with van der Waals surface area (Å²) >= 11 is 0. The van der Waals surface area contributed by atoms with Gasteiger partial charge in [0, 0.05) is 29.9 Å². The Morgan fingerprint density at radius 3 is 2.00 bits per heavy atom. The molecule has 0 aliphatic heterocycles. The van der Waals surface area contributed by atoms with Crippen LogP contribution in [0.3, 0.4) is 0 Å². The molecule has 0 saturated heterocycles. The fourth-order valence-corrected chi connectivity index (χ4v) is 4.94. The first-order valence-corrected chi connectivity index (χ1v) is 12.8. The number of hydrogen-bond acceptors (Lipinski definition) is 5. The molecule has 0 atom stereocenters. The van der Waals surface area contributed by atoms with Gasteiger partial charge in [0.2, 0.25) is 10.0 Å². The van der Waals surface area contributed by atoms with E-state index in [-0.39, 0.29) is 16.5 Å². The van der Waals surface area contributed by atoms with E-state index in [9.17, 15) is 18.0 Å². The molecule has 3 aromatic carbocycles. The van der Waals surface area contributed by atoms with Crippen LogP contribution >= 0.6 is 0 Å². The third-order valence-electron chi connectivity index (χ3n) is 5.28.